The van der Waals surface area contributed by atoms with Crippen molar-refractivity contribution in [3.05, 3.63) is 56.7 Å². The molecule has 1 fully saturated rings. The third-order valence-electron chi connectivity index (χ3n) is 5.36. The van der Waals surface area contributed by atoms with E-state index in [1.54, 1.807) is 0 Å². The van der Waals surface area contributed by atoms with E-state index in [1.165, 1.54) is 9.47 Å². The van der Waals surface area contributed by atoms with Crippen molar-refractivity contribution < 1.29 is 9.53 Å². The van der Waals surface area contributed by atoms with Crippen molar-refractivity contribution in [2.45, 2.75) is 26.8 Å². The van der Waals surface area contributed by atoms with Crippen LogP contribution in [0.1, 0.15) is 25.8 Å². The van der Waals surface area contributed by atoms with Gasteiger partial charge in [-0.05, 0) is 17.9 Å². The minimum Gasteiger partial charge on any atom is -0.383 e. The maximum Gasteiger partial charge on any atom is 0.330 e. The van der Waals surface area contributed by atoms with Crippen LogP contribution in [-0.2, 0) is 16.1 Å². The Morgan fingerprint density at radius 1 is 1.19 bits per heavy atom. The quantitative estimate of drug-likeness (QED) is 0.644. The summed E-state index contributed by atoms with van der Waals surface area (Å²) in [6.07, 6.45) is 0.700. The Kier molecular flexibility index (Phi) is 7.64. The molecule has 9 heteroatoms. The Balaban J connectivity index is 1.96. The highest BCUT2D eigenvalue weighted by molar-refractivity contribution is 5.96. The molecule has 1 aromatic carbocycles. The van der Waals surface area contributed by atoms with Crippen LogP contribution in [0.4, 0.5) is 11.5 Å². The molecule has 168 valence electrons. The molecule has 2 aromatic rings. The monoisotopic (exact) mass is 429 g/mol. The lowest BCUT2D eigenvalue weighted by molar-refractivity contribution is -0.120. The molecule has 0 saturated carbocycles. The van der Waals surface area contributed by atoms with Crippen LogP contribution in [0.3, 0.4) is 0 Å². The first-order chi connectivity index (χ1) is 14.9. The number of rotatable bonds is 8. The third-order valence-corrected chi connectivity index (χ3v) is 5.36. The largest absolute Gasteiger partial charge is 0.383 e. The number of morpholine rings is 1. The minimum atomic E-state index is -0.647. The summed E-state index contributed by atoms with van der Waals surface area (Å²) in [6, 6.07) is 9.35. The number of ether oxygens (including phenoxy) is 1. The number of nitrogens with one attached hydrogen (secondary N) is 1. The van der Waals surface area contributed by atoms with Crippen LogP contribution in [0.25, 0.3) is 0 Å². The molecule has 0 aliphatic carbocycles. The average Bonchev–Trinajstić information content (AvgIpc) is 2.74. The van der Waals surface area contributed by atoms with E-state index < -0.39 is 11.2 Å². The molecule has 1 aliphatic rings. The summed E-state index contributed by atoms with van der Waals surface area (Å²) in [5, 5.41) is 0. The minimum absolute atomic E-state index is 0.00307. The SMILES string of the molecule is CC(C)CCN(C(=O)CN1CCOCC1)c1c(N)n(Cc2ccccc2)c(=O)[nH]c1=O. The molecule has 0 radical (unpaired) electrons. The van der Waals surface area contributed by atoms with E-state index in [0.29, 0.717) is 45.2 Å². The van der Waals surface area contributed by atoms with Gasteiger partial charge in [0, 0.05) is 19.6 Å². The number of amides is 1. The number of aromatic nitrogens is 2. The molecule has 9 nitrogen and oxygen atoms in total. The van der Waals surface area contributed by atoms with E-state index in [1.807, 2.05) is 35.2 Å². The lowest BCUT2D eigenvalue weighted by Crippen LogP contribution is -2.48. The number of nitrogens with zero attached hydrogens (tertiary/aromatic N) is 3. The van der Waals surface area contributed by atoms with Crippen LogP contribution in [0.15, 0.2) is 39.9 Å². The number of carbonyl (C=O) groups is 1. The van der Waals surface area contributed by atoms with Crippen molar-refractivity contribution in [1.29, 1.82) is 0 Å². The highest BCUT2D eigenvalue weighted by Gasteiger charge is 2.26. The second-order valence-corrected chi connectivity index (χ2v) is 8.18. The van der Waals surface area contributed by atoms with Gasteiger partial charge < -0.3 is 15.4 Å². The lowest BCUT2D eigenvalue weighted by atomic mass is 10.1. The van der Waals surface area contributed by atoms with Gasteiger partial charge in [0.05, 0.1) is 26.3 Å². The van der Waals surface area contributed by atoms with Gasteiger partial charge in [0.1, 0.15) is 5.82 Å². The zero-order chi connectivity index (χ0) is 22.4. The number of carbonyl (C=O) groups excluding carboxylic acids is 1. The first-order valence-corrected chi connectivity index (χ1v) is 10.6. The molecular weight excluding hydrogens is 398 g/mol. The van der Waals surface area contributed by atoms with Crippen molar-refractivity contribution in [3.63, 3.8) is 0 Å². The first kappa shape index (κ1) is 22.8. The summed E-state index contributed by atoms with van der Waals surface area (Å²) in [5.41, 5.74) is 5.98. The van der Waals surface area contributed by atoms with Crippen LogP contribution in [0.5, 0.6) is 0 Å². The second kappa shape index (κ2) is 10.4. The van der Waals surface area contributed by atoms with E-state index in [9.17, 15) is 14.4 Å². The highest BCUT2D eigenvalue weighted by Crippen LogP contribution is 2.20. The van der Waals surface area contributed by atoms with Crippen LogP contribution in [-0.4, -0.2) is 59.8 Å². The molecule has 3 N–H and O–H groups in total. The molecular formula is C22H31N5O4. The maximum absolute atomic E-state index is 13.2. The molecule has 0 atom stereocenters. The third kappa shape index (κ3) is 5.83. The van der Waals surface area contributed by atoms with Gasteiger partial charge in [-0.3, -0.25) is 24.0 Å². The summed E-state index contributed by atoms with van der Waals surface area (Å²) in [5.74, 6) is 0.107. The van der Waals surface area contributed by atoms with Gasteiger partial charge in [0.2, 0.25) is 5.91 Å². The molecule has 0 spiro atoms. The van der Waals surface area contributed by atoms with Crippen molar-refractivity contribution in [2.75, 3.05) is 50.0 Å². The van der Waals surface area contributed by atoms with Crippen molar-refractivity contribution in [1.82, 2.24) is 14.5 Å². The van der Waals surface area contributed by atoms with Gasteiger partial charge in [0.15, 0.2) is 5.69 Å². The Bertz CT molecular complexity index is 993. The number of hydrogen-bond donors (Lipinski definition) is 2. The number of H-pyrrole nitrogens is 1. The lowest BCUT2D eigenvalue weighted by Gasteiger charge is -2.30. The predicted octanol–water partition coefficient (Wildman–Crippen LogP) is 0.878. The van der Waals surface area contributed by atoms with Gasteiger partial charge in [-0.1, -0.05) is 44.2 Å². The van der Waals surface area contributed by atoms with E-state index in [2.05, 4.69) is 18.8 Å². The normalized spacial score (nSPS) is 14.7. The molecule has 2 heterocycles. The molecule has 3 rings (SSSR count). The average molecular weight is 430 g/mol. The number of aromatic amines is 1. The standard InChI is InChI=1S/C22H31N5O4/c1-16(2)8-9-26(18(28)15-25-10-12-31-13-11-25)19-20(23)27(22(30)24-21(19)29)14-17-6-4-3-5-7-17/h3-7,16H,8-15,23H2,1-2H3,(H,24,29,30). The van der Waals surface area contributed by atoms with E-state index in [-0.39, 0.29) is 30.5 Å². The topological polar surface area (TPSA) is 114 Å². The Labute approximate surface area is 181 Å². The van der Waals surface area contributed by atoms with Gasteiger partial charge in [0.25, 0.3) is 5.56 Å². The van der Waals surface area contributed by atoms with Crippen molar-refractivity contribution in [2.24, 2.45) is 5.92 Å². The van der Waals surface area contributed by atoms with Crippen LogP contribution < -0.4 is 21.9 Å². The Morgan fingerprint density at radius 3 is 2.52 bits per heavy atom. The summed E-state index contributed by atoms with van der Waals surface area (Å²) in [7, 11) is 0. The summed E-state index contributed by atoms with van der Waals surface area (Å²) < 4.78 is 6.65. The molecule has 0 unspecified atom stereocenters. The van der Waals surface area contributed by atoms with E-state index in [4.69, 9.17) is 10.5 Å². The molecule has 1 aromatic heterocycles. The Hall–Kier alpha value is -2.91. The fourth-order valence-corrected chi connectivity index (χ4v) is 3.55. The summed E-state index contributed by atoms with van der Waals surface area (Å²) in [6.45, 7) is 7.27. The van der Waals surface area contributed by atoms with Gasteiger partial charge in [-0.25, -0.2) is 4.79 Å². The summed E-state index contributed by atoms with van der Waals surface area (Å²) >= 11 is 0. The summed E-state index contributed by atoms with van der Waals surface area (Å²) in [4.78, 5) is 44.3. The van der Waals surface area contributed by atoms with Crippen LogP contribution in [0, 0.1) is 5.92 Å². The Morgan fingerprint density at radius 2 is 1.87 bits per heavy atom. The van der Waals surface area contributed by atoms with E-state index in [0.717, 1.165) is 5.56 Å². The van der Waals surface area contributed by atoms with Crippen molar-refractivity contribution >= 4 is 17.4 Å². The molecule has 1 saturated heterocycles. The number of anilines is 2. The van der Waals surface area contributed by atoms with Gasteiger partial charge in [-0.2, -0.15) is 0 Å². The van der Waals surface area contributed by atoms with Crippen LogP contribution in [0.2, 0.25) is 0 Å². The van der Waals surface area contributed by atoms with E-state index >= 15 is 0 Å². The number of nitrogens with two attached hydrogens (primary N) is 1. The van der Waals surface area contributed by atoms with Crippen molar-refractivity contribution in [3.8, 4) is 0 Å². The second-order valence-electron chi connectivity index (χ2n) is 8.18. The fourth-order valence-electron chi connectivity index (χ4n) is 3.55. The number of benzene rings is 1. The first-order valence-electron chi connectivity index (χ1n) is 10.6. The molecule has 0 bridgehead atoms. The molecule has 1 amide bonds. The number of nitrogen functional groups attached to an aromatic ring is 1. The van der Waals surface area contributed by atoms with Crippen LogP contribution >= 0.6 is 0 Å². The highest BCUT2D eigenvalue weighted by atomic mass is 16.5. The zero-order valence-corrected chi connectivity index (χ0v) is 18.2. The predicted molar refractivity (Wildman–Crippen MR) is 120 cm³/mol. The number of hydrogen-bond acceptors (Lipinski definition) is 6. The zero-order valence-electron chi connectivity index (χ0n) is 18.2. The smallest absolute Gasteiger partial charge is 0.330 e. The molecule has 31 heavy (non-hydrogen) atoms. The van der Waals surface area contributed by atoms with Gasteiger partial charge >= 0.3 is 5.69 Å². The van der Waals surface area contributed by atoms with Gasteiger partial charge in [-0.15, -0.1) is 0 Å². The fraction of sp³-hybridized carbons (Fsp3) is 0.500. The molecule has 1 aliphatic heterocycles. The maximum atomic E-state index is 13.2.